The fraction of sp³-hybridized carbons (Fsp3) is 0.167. The fourth-order valence-electron chi connectivity index (χ4n) is 1.81. The lowest BCUT2D eigenvalue weighted by molar-refractivity contribution is -0.384. The molecular formula is C12H11N5O3. The van der Waals surface area contributed by atoms with E-state index in [9.17, 15) is 10.1 Å². The highest BCUT2D eigenvalue weighted by molar-refractivity contribution is 5.77. The first-order chi connectivity index (χ1) is 9.65. The van der Waals surface area contributed by atoms with Crippen LogP contribution in [0.1, 0.15) is 6.92 Å². The lowest BCUT2D eigenvalue weighted by Gasteiger charge is -1.95. The number of nitro groups is 1. The minimum Gasteiger partial charge on any atom is -0.423 e. The summed E-state index contributed by atoms with van der Waals surface area (Å²) in [7, 11) is 0. The van der Waals surface area contributed by atoms with Crippen LogP contribution in [-0.2, 0) is 6.54 Å². The van der Waals surface area contributed by atoms with Crippen molar-refractivity contribution < 1.29 is 9.34 Å². The van der Waals surface area contributed by atoms with E-state index in [-0.39, 0.29) is 11.7 Å². The molecule has 1 N–H and O–H groups in total. The van der Waals surface area contributed by atoms with Crippen LogP contribution in [0.2, 0.25) is 0 Å². The van der Waals surface area contributed by atoms with Crippen molar-refractivity contribution in [3.63, 3.8) is 0 Å². The van der Waals surface area contributed by atoms with Crippen LogP contribution in [-0.4, -0.2) is 19.7 Å². The Labute approximate surface area is 113 Å². The zero-order valence-electron chi connectivity index (χ0n) is 10.6. The fourth-order valence-corrected chi connectivity index (χ4v) is 1.81. The normalized spacial score (nSPS) is 10.8. The van der Waals surface area contributed by atoms with E-state index in [1.165, 1.54) is 18.2 Å². The second-order valence-electron chi connectivity index (χ2n) is 4.14. The number of hydrogen-bond acceptors (Lipinski definition) is 6. The number of fused-ring (bicyclic) bond motifs is 1. The monoisotopic (exact) mass is 273 g/mol. The number of benzene rings is 1. The number of non-ortho nitro benzene ring substituents is 1. The maximum absolute atomic E-state index is 10.7. The third-order valence-electron chi connectivity index (χ3n) is 2.79. The molecule has 0 aliphatic carbocycles. The Morgan fingerprint density at radius 1 is 1.50 bits per heavy atom. The largest absolute Gasteiger partial charge is 0.423 e. The summed E-state index contributed by atoms with van der Waals surface area (Å²) < 4.78 is 7.23. The molecule has 0 bridgehead atoms. The molecule has 0 atom stereocenters. The number of aromatic nitrogens is 3. The maximum Gasteiger partial charge on any atom is 0.300 e. The van der Waals surface area contributed by atoms with Gasteiger partial charge in [0.05, 0.1) is 16.8 Å². The molecule has 0 aliphatic rings. The van der Waals surface area contributed by atoms with E-state index >= 15 is 0 Å². The van der Waals surface area contributed by atoms with Gasteiger partial charge in [0.2, 0.25) is 0 Å². The van der Waals surface area contributed by atoms with Crippen molar-refractivity contribution in [2.45, 2.75) is 13.5 Å². The molecule has 3 rings (SSSR count). The first-order valence-corrected chi connectivity index (χ1v) is 6.00. The van der Waals surface area contributed by atoms with Crippen molar-refractivity contribution in [2.75, 3.05) is 5.32 Å². The Morgan fingerprint density at radius 3 is 3.05 bits per heavy atom. The number of rotatable bonds is 4. The Hall–Kier alpha value is -2.90. The van der Waals surface area contributed by atoms with Crippen molar-refractivity contribution in [1.29, 1.82) is 0 Å². The standard InChI is InChI=1S/C12H11N5O3/c1-2-16-7-8(6-13-16)14-12-15-10-5-9(17(18)19)3-4-11(10)20-12/h3-7H,2H2,1H3,(H,14,15). The van der Waals surface area contributed by atoms with Gasteiger partial charge >= 0.3 is 0 Å². The van der Waals surface area contributed by atoms with E-state index in [0.29, 0.717) is 11.1 Å². The summed E-state index contributed by atoms with van der Waals surface area (Å²) in [5.74, 6) is 0. The summed E-state index contributed by atoms with van der Waals surface area (Å²) in [5, 5.41) is 17.8. The molecule has 0 saturated heterocycles. The highest BCUT2D eigenvalue weighted by Crippen LogP contribution is 2.25. The number of nitrogens with one attached hydrogen (secondary N) is 1. The predicted molar refractivity (Wildman–Crippen MR) is 71.8 cm³/mol. The number of anilines is 2. The van der Waals surface area contributed by atoms with Gasteiger partial charge in [-0.3, -0.25) is 14.8 Å². The third kappa shape index (κ3) is 2.18. The highest BCUT2D eigenvalue weighted by Gasteiger charge is 2.12. The number of nitro benzene ring substituents is 1. The maximum atomic E-state index is 10.7. The number of aryl methyl sites for hydroxylation is 1. The molecular weight excluding hydrogens is 262 g/mol. The van der Waals surface area contributed by atoms with E-state index in [0.717, 1.165) is 12.2 Å². The van der Waals surface area contributed by atoms with Gasteiger partial charge in [-0.1, -0.05) is 0 Å². The van der Waals surface area contributed by atoms with Crippen molar-refractivity contribution in [3.05, 3.63) is 40.7 Å². The summed E-state index contributed by atoms with van der Waals surface area (Å²) in [6.07, 6.45) is 3.47. The highest BCUT2D eigenvalue weighted by atomic mass is 16.6. The Kier molecular flexibility index (Phi) is 2.82. The number of oxazole rings is 1. The van der Waals surface area contributed by atoms with Crippen LogP contribution in [0.15, 0.2) is 35.0 Å². The molecule has 0 saturated carbocycles. The van der Waals surface area contributed by atoms with E-state index < -0.39 is 4.92 Å². The molecule has 20 heavy (non-hydrogen) atoms. The molecule has 0 amide bonds. The molecule has 3 aromatic rings. The first-order valence-electron chi connectivity index (χ1n) is 6.00. The molecule has 0 radical (unpaired) electrons. The molecule has 2 heterocycles. The quantitative estimate of drug-likeness (QED) is 0.579. The Bertz CT molecular complexity index is 776. The molecule has 0 unspecified atom stereocenters. The summed E-state index contributed by atoms with van der Waals surface area (Å²) in [6.45, 7) is 2.75. The van der Waals surface area contributed by atoms with Gasteiger partial charge in [0, 0.05) is 24.9 Å². The van der Waals surface area contributed by atoms with Crippen LogP contribution < -0.4 is 5.32 Å². The van der Waals surface area contributed by atoms with Crippen molar-refractivity contribution in [1.82, 2.24) is 14.8 Å². The Morgan fingerprint density at radius 2 is 2.35 bits per heavy atom. The molecule has 0 spiro atoms. The minimum absolute atomic E-state index is 0.0175. The van der Waals surface area contributed by atoms with Crippen LogP contribution in [0.5, 0.6) is 0 Å². The van der Waals surface area contributed by atoms with Crippen LogP contribution in [0.4, 0.5) is 17.4 Å². The number of hydrogen-bond donors (Lipinski definition) is 1. The topological polar surface area (TPSA) is 99.0 Å². The number of nitrogens with zero attached hydrogens (tertiary/aromatic N) is 4. The van der Waals surface area contributed by atoms with Crippen molar-refractivity contribution in [2.24, 2.45) is 0 Å². The van der Waals surface area contributed by atoms with Crippen LogP contribution in [0, 0.1) is 10.1 Å². The third-order valence-corrected chi connectivity index (χ3v) is 2.79. The summed E-state index contributed by atoms with van der Waals surface area (Å²) >= 11 is 0. The van der Waals surface area contributed by atoms with Crippen LogP contribution >= 0.6 is 0 Å². The average molecular weight is 273 g/mol. The van der Waals surface area contributed by atoms with Crippen LogP contribution in [0.25, 0.3) is 11.1 Å². The zero-order valence-corrected chi connectivity index (χ0v) is 10.6. The smallest absolute Gasteiger partial charge is 0.300 e. The molecule has 0 aliphatic heterocycles. The molecule has 1 aromatic carbocycles. The molecule has 8 nitrogen and oxygen atoms in total. The van der Waals surface area contributed by atoms with Gasteiger partial charge in [0.15, 0.2) is 5.58 Å². The van der Waals surface area contributed by atoms with Gasteiger partial charge in [0.1, 0.15) is 5.52 Å². The van der Waals surface area contributed by atoms with Crippen molar-refractivity contribution in [3.8, 4) is 0 Å². The van der Waals surface area contributed by atoms with E-state index in [2.05, 4.69) is 15.4 Å². The van der Waals surface area contributed by atoms with Gasteiger partial charge < -0.3 is 9.73 Å². The summed E-state index contributed by atoms with van der Waals surface area (Å²) in [4.78, 5) is 14.4. The predicted octanol–water partition coefficient (Wildman–Crippen LogP) is 2.70. The van der Waals surface area contributed by atoms with Crippen LogP contribution in [0.3, 0.4) is 0 Å². The van der Waals surface area contributed by atoms with E-state index in [4.69, 9.17) is 4.42 Å². The van der Waals surface area contributed by atoms with Gasteiger partial charge in [-0.05, 0) is 13.0 Å². The Balaban J connectivity index is 1.90. The van der Waals surface area contributed by atoms with Gasteiger partial charge in [0.25, 0.3) is 11.7 Å². The lowest BCUT2D eigenvalue weighted by Crippen LogP contribution is -1.92. The first kappa shape index (κ1) is 12.2. The second kappa shape index (κ2) is 4.65. The summed E-state index contributed by atoms with van der Waals surface area (Å²) in [5.41, 5.74) is 1.65. The molecule has 8 heteroatoms. The minimum atomic E-state index is -0.466. The van der Waals surface area contributed by atoms with Gasteiger partial charge in [-0.25, -0.2) is 0 Å². The zero-order chi connectivity index (χ0) is 14.1. The SMILES string of the molecule is CCn1cc(Nc2nc3cc([N+](=O)[O-])ccc3o2)cn1. The lowest BCUT2D eigenvalue weighted by atomic mass is 10.3. The van der Waals surface area contributed by atoms with Gasteiger partial charge in [-0.2, -0.15) is 10.1 Å². The van der Waals surface area contributed by atoms with Crippen molar-refractivity contribution >= 4 is 28.5 Å². The average Bonchev–Trinajstić information content (AvgIpc) is 3.03. The van der Waals surface area contributed by atoms with E-state index in [1.807, 2.05) is 13.1 Å². The molecule has 102 valence electrons. The van der Waals surface area contributed by atoms with E-state index in [1.54, 1.807) is 10.9 Å². The molecule has 2 aromatic heterocycles. The summed E-state index contributed by atoms with van der Waals surface area (Å²) in [6, 6.07) is 4.56. The second-order valence-corrected chi connectivity index (χ2v) is 4.14. The van der Waals surface area contributed by atoms with Gasteiger partial charge in [-0.15, -0.1) is 0 Å². The molecule has 0 fully saturated rings.